The fourth-order valence-corrected chi connectivity index (χ4v) is 3.93. The maximum absolute atomic E-state index is 12.8. The van der Waals surface area contributed by atoms with Crippen LogP contribution in [0.5, 0.6) is 11.5 Å². The molecule has 1 saturated heterocycles. The first kappa shape index (κ1) is 21.1. The average Bonchev–Trinajstić information content (AvgIpc) is 2.93. The van der Waals surface area contributed by atoms with Crippen LogP contribution in [0.3, 0.4) is 0 Å². The van der Waals surface area contributed by atoms with Gasteiger partial charge in [-0.2, -0.15) is 0 Å². The van der Waals surface area contributed by atoms with Crippen molar-refractivity contribution < 1.29 is 19.1 Å². The molecule has 1 fully saturated rings. The van der Waals surface area contributed by atoms with Crippen LogP contribution < -0.4 is 19.7 Å². The van der Waals surface area contributed by atoms with Gasteiger partial charge in [-0.05, 0) is 37.8 Å². The van der Waals surface area contributed by atoms with Crippen molar-refractivity contribution in [1.82, 2.24) is 5.32 Å². The van der Waals surface area contributed by atoms with Crippen molar-refractivity contribution in [1.29, 1.82) is 0 Å². The standard InChI is InChI=1S/C21H32N2O4/c1-20(2,3)13-21(4,5)22-19(25)14-10-18(24)23(12-14)16-9-8-15(26-6)11-17(16)27-7/h8-9,11,14H,10,12-13H2,1-7H3,(H,22,25). The van der Waals surface area contributed by atoms with E-state index in [4.69, 9.17) is 9.47 Å². The molecule has 150 valence electrons. The summed E-state index contributed by atoms with van der Waals surface area (Å²) in [6, 6.07) is 5.31. The number of nitrogens with one attached hydrogen (secondary N) is 1. The number of nitrogens with zero attached hydrogens (tertiary/aromatic N) is 1. The zero-order valence-electron chi connectivity index (χ0n) is 17.5. The van der Waals surface area contributed by atoms with Gasteiger partial charge in [0.05, 0.1) is 25.8 Å². The summed E-state index contributed by atoms with van der Waals surface area (Å²) in [5, 5.41) is 3.13. The molecule has 0 saturated carbocycles. The van der Waals surface area contributed by atoms with Crippen molar-refractivity contribution >= 4 is 17.5 Å². The highest BCUT2D eigenvalue weighted by Crippen LogP contribution is 2.36. The van der Waals surface area contributed by atoms with Crippen molar-refractivity contribution in [2.75, 3.05) is 25.7 Å². The van der Waals surface area contributed by atoms with E-state index in [2.05, 4.69) is 26.1 Å². The highest BCUT2D eigenvalue weighted by molar-refractivity contribution is 6.01. The van der Waals surface area contributed by atoms with E-state index in [0.717, 1.165) is 6.42 Å². The molecule has 1 aliphatic heterocycles. The summed E-state index contributed by atoms with van der Waals surface area (Å²) in [5.41, 5.74) is 0.432. The number of anilines is 1. The zero-order valence-corrected chi connectivity index (χ0v) is 17.5. The van der Waals surface area contributed by atoms with Gasteiger partial charge in [0, 0.05) is 24.6 Å². The maximum atomic E-state index is 12.8. The molecule has 1 heterocycles. The van der Waals surface area contributed by atoms with Crippen molar-refractivity contribution in [3.05, 3.63) is 18.2 Å². The Hall–Kier alpha value is -2.24. The Balaban J connectivity index is 2.12. The maximum Gasteiger partial charge on any atom is 0.227 e. The van der Waals surface area contributed by atoms with E-state index in [0.29, 0.717) is 23.7 Å². The van der Waals surface area contributed by atoms with Crippen molar-refractivity contribution in [3.63, 3.8) is 0 Å². The first-order chi connectivity index (χ1) is 12.5. The van der Waals surface area contributed by atoms with Gasteiger partial charge in [-0.15, -0.1) is 0 Å². The number of amides is 2. The topological polar surface area (TPSA) is 67.9 Å². The predicted molar refractivity (Wildman–Crippen MR) is 106 cm³/mol. The zero-order chi connectivity index (χ0) is 20.4. The minimum atomic E-state index is -0.372. The van der Waals surface area contributed by atoms with Crippen LogP contribution in [0, 0.1) is 11.3 Å². The molecule has 1 atom stereocenters. The number of rotatable bonds is 6. The van der Waals surface area contributed by atoms with Gasteiger partial charge in [0.1, 0.15) is 11.5 Å². The van der Waals surface area contributed by atoms with Crippen LogP contribution >= 0.6 is 0 Å². The highest BCUT2D eigenvalue weighted by atomic mass is 16.5. The second kappa shape index (κ2) is 7.79. The number of methoxy groups -OCH3 is 2. The Labute approximate surface area is 162 Å². The van der Waals surface area contributed by atoms with E-state index in [1.165, 1.54) is 0 Å². The Morgan fingerprint density at radius 3 is 2.41 bits per heavy atom. The third-order valence-electron chi connectivity index (χ3n) is 4.61. The SMILES string of the molecule is COc1ccc(N2CC(C(=O)NC(C)(C)CC(C)(C)C)CC2=O)c(OC)c1. The van der Waals surface area contributed by atoms with Crippen LogP contribution in [0.4, 0.5) is 5.69 Å². The average molecular weight is 376 g/mol. The molecule has 0 radical (unpaired) electrons. The third kappa shape index (κ3) is 5.37. The summed E-state index contributed by atoms with van der Waals surface area (Å²) < 4.78 is 10.6. The summed E-state index contributed by atoms with van der Waals surface area (Å²) in [6.45, 7) is 10.8. The molecule has 1 N–H and O–H groups in total. The number of carbonyl (C=O) groups is 2. The van der Waals surface area contributed by atoms with E-state index in [9.17, 15) is 9.59 Å². The second-order valence-corrected chi connectivity index (χ2v) is 9.05. The van der Waals surface area contributed by atoms with Gasteiger partial charge in [-0.25, -0.2) is 0 Å². The fourth-order valence-electron chi connectivity index (χ4n) is 3.93. The highest BCUT2D eigenvalue weighted by Gasteiger charge is 2.38. The van der Waals surface area contributed by atoms with Crippen LogP contribution in [0.25, 0.3) is 0 Å². The lowest BCUT2D eigenvalue weighted by atomic mass is 9.81. The van der Waals surface area contributed by atoms with E-state index >= 15 is 0 Å². The molecule has 1 aromatic rings. The van der Waals surface area contributed by atoms with E-state index < -0.39 is 0 Å². The van der Waals surface area contributed by atoms with E-state index in [1.807, 2.05) is 13.8 Å². The number of benzene rings is 1. The molecule has 2 rings (SSSR count). The van der Waals surface area contributed by atoms with Crippen LogP contribution in [0.1, 0.15) is 47.5 Å². The molecule has 0 aliphatic carbocycles. The second-order valence-electron chi connectivity index (χ2n) is 9.05. The van der Waals surface area contributed by atoms with Crippen molar-refractivity contribution in [3.8, 4) is 11.5 Å². The normalized spacial score (nSPS) is 17.8. The molecular weight excluding hydrogens is 344 g/mol. The molecule has 2 amide bonds. The fraction of sp³-hybridized carbons (Fsp3) is 0.619. The van der Waals surface area contributed by atoms with Crippen molar-refractivity contribution in [2.24, 2.45) is 11.3 Å². The van der Waals surface area contributed by atoms with Gasteiger partial charge in [-0.1, -0.05) is 20.8 Å². The van der Waals surface area contributed by atoms with Gasteiger partial charge < -0.3 is 19.7 Å². The lowest BCUT2D eigenvalue weighted by molar-refractivity contribution is -0.128. The lowest BCUT2D eigenvalue weighted by Gasteiger charge is -2.34. The largest absolute Gasteiger partial charge is 0.497 e. The summed E-state index contributed by atoms with van der Waals surface area (Å²) in [7, 11) is 3.13. The van der Waals surface area contributed by atoms with Gasteiger partial charge in [0.2, 0.25) is 11.8 Å². The molecule has 0 spiro atoms. The van der Waals surface area contributed by atoms with Crippen LogP contribution in [0.2, 0.25) is 0 Å². The Bertz CT molecular complexity index is 707. The Kier molecular flexibility index (Phi) is 6.07. The molecule has 6 nitrogen and oxygen atoms in total. The number of ether oxygens (including phenoxy) is 2. The first-order valence-corrected chi connectivity index (χ1v) is 9.30. The quantitative estimate of drug-likeness (QED) is 0.826. The van der Waals surface area contributed by atoms with E-state index in [1.54, 1.807) is 37.3 Å². The number of hydrogen-bond donors (Lipinski definition) is 1. The van der Waals surface area contributed by atoms with Crippen molar-refractivity contribution in [2.45, 2.75) is 53.0 Å². The summed E-state index contributed by atoms with van der Waals surface area (Å²) in [5.74, 6) is 0.681. The summed E-state index contributed by atoms with van der Waals surface area (Å²) in [6.07, 6.45) is 1.05. The Morgan fingerprint density at radius 2 is 1.85 bits per heavy atom. The summed E-state index contributed by atoms with van der Waals surface area (Å²) in [4.78, 5) is 27.0. The summed E-state index contributed by atoms with van der Waals surface area (Å²) >= 11 is 0. The van der Waals surface area contributed by atoms with Crippen LogP contribution in [-0.2, 0) is 9.59 Å². The predicted octanol–water partition coefficient (Wildman–Crippen LogP) is 3.39. The minimum absolute atomic E-state index is 0.0763. The van der Waals surface area contributed by atoms with Crippen LogP contribution in [-0.4, -0.2) is 38.1 Å². The van der Waals surface area contributed by atoms with Gasteiger partial charge in [0.25, 0.3) is 0 Å². The monoisotopic (exact) mass is 376 g/mol. The molecule has 0 bridgehead atoms. The van der Waals surface area contributed by atoms with Gasteiger partial charge in [0.15, 0.2) is 0 Å². The van der Waals surface area contributed by atoms with Gasteiger partial charge in [-0.3, -0.25) is 9.59 Å². The molecule has 27 heavy (non-hydrogen) atoms. The molecule has 1 aliphatic rings. The minimum Gasteiger partial charge on any atom is -0.497 e. The lowest BCUT2D eigenvalue weighted by Crippen LogP contribution is -2.48. The third-order valence-corrected chi connectivity index (χ3v) is 4.61. The molecular formula is C21H32N2O4. The first-order valence-electron chi connectivity index (χ1n) is 9.30. The number of carbonyl (C=O) groups excluding carboxylic acids is 2. The molecule has 0 aromatic heterocycles. The molecule has 1 unspecified atom stereocenters. The molecule has 1 aromatic carbocycles. The van der Waals surface area contributed by atoms with E-state index in [-0.39, 0.29) is 35.1 Å². The van der Waals surface area contributed by atoms with Gasteiger partial charge >= 0.3 is 0 Å². The van der Waals surface area contributed by atoms with Crippen LogP contribution in [0.15, 0.2) is 18.2 Å². The smallest absolute Gasteiger partial charge is 0.227 e. The Morgan fingerprint density at radius 1 is 1.19 bits per heavy atom. The molecule has 6 heteroatoms. The number of hydrogen-bond acceptors (Lipinski definition) is 4.